The second kappa shape index (κ2) is 10.7. The lowest BCUT2D eigenvalue weighted by Crippen LogP contribution is -2.49. The van der Waals surface area contributed by atoms with Gasteiger partial charge >= 0.3 is 0 Å². The lowest BCUT2D eigenvalue weighted by Gasteiger charge is -2.58. The van der Waals surface area contributed by atoms with Crippen molar-refractivity contribution in [1.82, 2.24) is 5.32 Å². The molecule has 38 heavy (non-hydrogen) atoms. The molecular formula is C32H38Cl2N2O2. The maximum atomic E-state index is 11.6. The quantitative estimate of drug-likeness (QED) is 0.264. The Morgan fingerprint density at radius 2 is 1.66 bits per heavy atom. The van der Waals surface area contributed by atoms with E-state index in [1.54, 1.807) is 12.2 Å². The zero-order chi connectivity index (χ0) is 26.4. The molecule has 1 aromatic rings. The van der Waals surface area contributed by atoms with Crippen molar-refractivity contribution in [1.29, 1.82) is 0 Å². The summed E-state index contributed by atoms with van der Waals surface area (Å²) in [5.74, 6) is 2.42. The number of aliphatic hydroxyl groups excluding tert-OH is 2. The number of alkyl halides is 1. The van der Waals surface area contributed by atoms with Gasteiger partial charge in [0.05, 0.1) is 23.3 Å². The molecule has 202 valence electrons. The molecule has 4 saturated carbocycles. The van der Waals surface area contributed by atoms with E-state index < -0.39 is 17.6 Å². The molecule has 3 N–H and O–H groups in total. The summed E-state index contributed by atoms with van der Waals surface area (Å²) in [6.45, 7) is 3.23. The molecule has 1 aromatic carbocycles. The predicted octanol–water partition coefficient (Wildman–Crippen LogP) is 6.59. The van der Waals surface area contributed by atoms with Crippen molar-refractivity contribution in [3.8, 4) is 0 Å². The Hall–Kier alpha value is -1.69. The van der Waals surface area contributed by atoms with Crippen LogP contribution < -0.4 is 5.32 Å². The largest absolute Gasteiger partial charge is 0.388 e. The van der Waals surface area contributed by atoms with Gasteiger partial charge in [-0.2, -0.15) is 0 Å². The van der Waals surface area contributed by atoms with Gasteiger partial charge in [0.15, 0.2) is 0 Å². The third-order valence-corrected chi connectivity index (χ3v) is 10.1. The number of halogens is 2. The standard InChI is InChI=1S/C32H38Cl2N2O2/c1-19-6-24(30(37)27(7-19)32-13-20-8-21(14-32)10-22(9-20)15-32)18-36-29-5-3-2-4-23(29)16-35-17-25-11-26(33)12-28(34)31(25)38/h2-7,11-12,18,20-22,24,28,30-31,35,37-38H,8-10,13-17H2,1H3. The highest BCUT2D eigenvalue weighted by Gasteiger charge is 2.54. The molecule has 4 fully saturated rings. The van der Waals surface area contributed by atoms with E-state index in [0.29, 0.717) is 18.1 Å². The molecule has 0 aliphatic heterocycles. The first-order valence-corrected chi connectivity index (χ1v) is 14.9. The van der Waals surface area contributed by atoms with Crippen molar-refractivity contribution in [3.05, 3.63) is 75.9 Å². The highest BCUT2D eigenvalue weighted by atomic mass is 35.5. The Labute approximate surface area is 236 Å². The number of aliphatic hydroxyl groups is 2. The highest BCUT2D eigenvalue weighted by Crippen LogP contribution is 2.63. The van der Waals surface area contributed by atoms with Crippen molar-refractivity contribution < 1.29 is 10.2 Å². The van der Waals surface area contributed by atoms with Crippen LogP contribution in [0.15, 0.2) is 75.3 Å². The fraction of sp³-hybridized carbons (Fsp3) is 0.531. The fourth-order valence-electron chi connectivity index (χ4n) is 8.24. The first-order valence-electron chi connectivity index (χ1n) is 14.1. The van der Waals surface area contributed by atoms with E-state index in [1.807, 2.05) is 24.4 Å². The Balaban J connectivity index is 1.15. The molecule has 4 bridgehead atoms. The number of nitrogens with one attached hydrogen (secondary N) is 1. The maximum Gasteiger partial charge on any atom is 0.0965 e. The Kier molecular flexibility index (Phi) is 7.47. The molecule has 0 amide bonds. The number of aliphatic imine (C=N–C) groups is 1. The Bertz CT molecular complexity index is 1190. The number of benzene rings is 1. The number of hydrogen-bond donors (Lipinski definition) is 3. The van der Waals surface area contributed by atoms with Gasteiger partial charge in [0.25, 0.3) is 0 Å². The normalized spacial score (nSPS) is 38.2. The molecule has 4 nitrogen and oxygen atoms in total. The van der Waals surface area contributed by atoms with E-state index in [4.69, 9.17) is 28.2 Å². The monoisotopic (exact) mass is 552 g/mol. The van der Waals surface area contributed by atoms with E-state index >= 15 is 0 Å². The van der Waals surface area contributed by atoms with Crippen molar-refractivity contribution in [3.63, 3.8) is 0 Å². The van der Waals surface area contributed by atoms with Gasteiger partial charge in [0, 0.05) is 30.3 Å². The van der Waals surface area contributed by atoms with Crippen LogP contribution in [0, 0.1) is 29.1 Å². The summed E-state index contributed by atoms with van der Waals surface area (Å²) in [4.78, 5) is 4.89. The first-order chi connectivity index (χ1) is 18.3. The lowest BCUT2D eigenvalue weighted by molar-refractivity contribution is -0.0426. The average Bonchev–Trinajstić information content (AvgIpc) is 2.87. The zero-order valence-corrected chi connectivity index (χ0v) is 23.5. The number of hydrogen-bond acceptors (Lipinski definition) is 4. The molecule has 0 heterocycles. The molecule has 0 spiro atoms. The third kappa shape index (κ3) is 5.23. The van der Waals surface area contributed by atoms with Gasteiger partial charge in [-0.3, -0.25) is 4.99 Å². The third-order valence-electron chi connectivity index (χ3n) is 9.52. The summed E-state index contributed by atoms with van der Waals surface area (Å²) < 4.78 is 0. The van der Waals surface area contributed by atoms with Crippen LogP contribution in [0.3, 0.4) is 0 Å². The fourth-order valence-corrected chi connectivity index (χ4v) is 8.88. The predicted molar refractivity (Wildman–Crippen MR) is 156 cm³/mol. The number of allylic oxidation sites excluding steroid dienone is 4. The Morgan fingerprint density at radius 1 is 0.974 bits per heavy atom. The minimum atomic E-state index is -0.751. The second-order valence-electron chi connectivity index (χ2n) is 12.4. The molecule has 6 aliphatic carbocycles. The van der Waals surface area contributed by atoms with E-state index in [1.165, 1.54) is 49.7 Å². The van der Waals surface area contributed by atoms with Gasteiger partial charge in [0.2, 0.25) is 0 Å². The topological polar surface area (TPSA) is 64.9 Å². The van der Waals surface area contributed by atoms with Crippen LogP contribution in [0.4, 0.5) is 5.69 Å². The number of nitrogens with zero attached hydrogens (tertiary/aromatic N) is 1. The molecule has 6 heteroatoms. The van der Waals surface area contributed by atoms with Crippen LogP contribution in [0.1, 0.15) is 51.0 Å². The van der Waals surface area contributed by atoms with E-state index in [2.05, 4.69) is 30.5 Å². The molecule has 4 unspecified atom stereocenters. The molecule has 0 saturated heterocycles. The van der Waals surface area contributed by atoms with Crippen LogP contribution in [0.2, 0.25) is 0 Å². The lowest BCUT2D eigenvalue weighted by atomic mass is 9.46. The second-order valence-corrected chi connectivity index (χ2v) is 13.3. The van der Waals surface area contributed by atoms with Gasteiger partial charge in [-0.15, -0.1) is 11.6 Å². The molecule has 0 radical (unpaired) electrons. The number of para-hydroxylation sites is 1. The summed E-state index contributed by atoms with van der Waals surface area (Å²) in [6.07, 6.45) is 16.5. The van der Waals surface area contributed by atoms with Crippen LogP contribution >= 0.6 is 23.2 Å². The molecule has 7 rings (SSSR count). The molecular weight excluding hydrogens is 515 g/mol. The average molecular weight is 554 g/mol. The summed E-state index contributed by atoms with van der Waals surface area (Å²) in [5.41, 5.74) is 5.41. The molecule has 6 aliphatic rings. The van der Waals surface area contributed by atoms with Gasteiger partial charge < -0.3 is 15.5 Å². The minimum Gasteiger partial charge on any atom is -0.388 e. The molecule has 4 atom stereocenters. The SMILES string of the molecule is CC1=CC(C=Nc2ccccc2CNCC2=CC(Cl)=CC(Cl)C2O)C(O)C(C23CC4CC(CC(C4)C2)C3)=C1. The van der Waals surface area contributed by atoms with Gasteiger partial charge in [0.1, 0.15) is 0 Å². The van der Waals surface area contributed by atoms with Crippen molar-refractivity contribution in [2.45, 2.75) is 69.6 Å². The van der Waals surface area contributed by atoms with Crippen LogP contribution in [-0.4, -0.2) is 40.6 Å². The van der Waals surface area contributed by atoms with E-state index in [-0.39, 0.29) is 11.3 Å². The van der Waals surface area contributed by atoms with Crippen molar-refractivity contribution >= 4 is 35.1 Å². The summed E-state index contributed by atoms with van der Waals surface area (Å²) in [5, 5.41) is 25.4. The van der Waals surface area contributed by atoms with Gasteiger partial charge in [-0.05, 0) is 104 Å². The van der Waals surface area contributed by atoms with Crippen LogP contribution in [0.5, 0.6) is 0 Å². The van der Waals surface area contributed by atoms with E-state index in [0.717, 1.165) is 34.6 Å². The smallest absolute Gasteiger partial charge is 0.0965 e. The maximum absolute atomic E-state index is 11.6. The van der Waals surface area contributed by atoms with Gasteiger partial charge in [-0.1, -0.05) is 47.5 Å². The van der Waals surface area contributed by atoms with Crippen LogP contribution in [0.25, 0.3) is 0 Å². The van der Waals surface area contributed by atoms with E-state index in [9.17, 15) is 10.2 Å². The highest BCUT2D eigenvalue weighted by molar-refractivity contribution is 6.32. The van der Waals surface area contributed by atoms with Crippen LogP contribution in [-0.2, 0) is 6.54 Å². The summed E-state index contributed by atoms with van der Waals surface area (Å²) in [6, 6.07) is 8.07. The van der Waals surface area contributed by atoms with Crippen molar-refractivity contribution in [2.24, 2.45) is 34.1 Å². The first kappa shape index (κ1) is 26.5. The van der Waals surface area contributed by atoms with Crippen molar-refractivity contribution in [2.75, 3.05) is 6.54 Å². The Morgan fingerprint density at radius 3 is 2.37 bits per heavy atom. The summed E-state index contributed by atoms with van der Waals surface area (Å²) in [7, 11) is 0. The zero-order valence-electron chi connectivity index (χ0n) is 22.0. The minimum absolute atomic E-state index is 0.124. The summed E-state index contributed by atoms with van der Waals surface area (Å²) >= 11 is 12.3. The molecule has 0 aromatic heterocycles. The van der Waals surface area contributed by atoms with Gasteiger partial charge in [-0.25, -0.2) is 0 Å². The number of rotatable bonds is 7.